The fraction of sp³-hybridized carbons (Fsp3) is 0.143. The van der Waals surface area contributed by atoms with E-state index >= 15 is 0 Å². The molecule has 0 aliphatic carbocycles. The number of carbonyl (C=O) groups excluding carboxylic acids is 1. The van der Waals surface area contributed by atoms with Gasteiger partial charge in [0.2, 0.25) is 0 Å². The molecule has 4 heteroatoms. The molecule has 0 spiro atoms. The third kappa shape index (κ3) is 2.66. The third-order valence-corrected chi connectivity index (χ3v) is 4.69. The van der Waals surface area contributed by atoms with Crippen LogP contribution in [0.5, 0.6) is 5.75 Å². The maximum Gasteiger partial charge on any atom is 0.256 e. The van der Waals surface area contributed by atoms with Gasteiger partial charge in [0.25, 0.3) is 5.91 Å². The third-order valence-electron chi connectivity index (χ3n) is 4.69. The van der Waals surface area contributed by atoms with Crippen molar-refractivity contribution in [1.82, 2.24) is 0 Å². The minimum Gasteiger partial charge on any atom is -0.508 e. The summed E-state index contributed by atoms with van der Waals surface area (Å²) in [6.07, 6.45) is 0.435. The number of nitrogens with zero attached hydrogens (tertiary/aromatic N) is 2. The topological polar surface area (TPSA) is 52.9 Å². The van der Waals surface area contributed by atoms with Crippen LogP contribution >= 0.6 is 0 Å². The van der Waals surface area contributed by atoms with Crippen LogP contribution in [-0.2, 0) is 11.2 Å². The van der Waals surface area contributed by atoms with Crippen LogP contribution in [0.2, 0.25) is 0 Å². The summed E-state index contributed by atoms with van der Waals surface area (Å²) in [7, 11) is 0. The number of benzene rings is 3. The Hall–Kier alpha value is -3.14. The molecule has 1 heterocycles. The van der Waals surface area contributed by atoms with Gasteiger partial charge in [-0.15, -0.1) is 0 Å². The quantitative estimate of drug-likeness (QED) is 0.785. The molecule has 1 amide bonds. The summed E-state index contributed by atoms with van der Waals surface area (Å²) in [6, 6.07) is 20.9. The SMILES string of the molecule is CC1=NN(c2ccccc2)C(=O)C1Cc1c(O)ccc2ccccc12. The average molecular weight is 330 g/mol. The molecule has 1 aliphatic rings. The number of anilines is 1. The Bertz CT molecular complexity index is 980. The van der Waals surface area contributed by atoms with E-state index in [0.29, 0.717) is 6.42 Å². The van der Waals surface area contributed by atoms with E-state index in [2.05, 4.69) is 5.10 Å². The zero-order valence-corrected chi connectivity index (χ0v) is 13.9. The van der Waals surface area contributed by atoms with Crippen molar-refractivity contribution in [2.45, 2.75) is 13.3 Å². The number of carbonyl (C=O) groups is 1. The molecule has 124 valence electrons. The first-order chi connectivity index (χ1) is 12.1. The number of fused-ring (bicyclic) bond motifs is 1. The van der Waals surface area contributed by atoms with Crippen molar-refractivity contribution < 1.29 is 9.90 Å². The van der Waals surface area contributed by atoms with Gasteiger partial charge in [0.1, 0.15) is 5.75 Å². The fourth-order valence-corrected chi connectivity index (χ4v) is 3.34. The van der Waals surface area contributed by atoms with Gasteiger partial charge in [-0.3, -0.25) is 4.79 Å². The van der Waals surface area contributed by atoms with Crippen LogP contribution < -0.4 is 5.01 Å². The first-order valence-electron chi connectivity index (χ1n) is 8.29. The molecule has 0 saturated carbocycles. The fourth-order valence-electron chi connectivity index (χ4n) is 3.34. The lowest BCUT2D eigenvalue weighted by Gasteiger charge is -2.16. The number of phenols is 1. The minimum absolute atomic E-state index is 0.0592. The summed E-state index contributed by atoms with van der Waals surface area (Å²) in [4.78, 5) is 12.9. The van der Waals surface area contributed by atoms with Crippen LogP contribution in [0.4, 0.5) is 5.69 Å². The van der Waals surface area contributed by atoms with Gasteiger partial charge in [0.05, 0.1) is 11.6 Å². The van der Waals surface area contributed by atoms with Gasteiger partial charge in [-0.1, -0.05) is 48.5 Å². The molecule has 3 aromatic rings. The largest absolute Gasteiger partial charge is 0.508 e. The zero-order chi connectivity index (χ0) is 17.4. The predicted molar refractivity (Wildman–Crippen MR) is 99.8 cm³/mol. The molecule has 0 saturated heterocycles. The number of hydrogen-bond donors (Lipinski definition) is 1. The van der Waals surface area contributed by atoms with Crippen LogP contribution in [-0.4, -0.2) is 16.7 Å². The van der Waals surface area contributed by atoms with Crippen LogP contribution in [0.3, 0.4) is 0 Å². The Kier molecular flexibility index (Phi) is 3.73. The molecule has 25 heavy (non-hydrogen) atoms. The number of hydrogen-bond acceptors (Lipinski definition) is 3. The summed E-state index contributed by atoms with van der Waals surface area (Å²) >= 11 is 0. The van der Waals surface area contributed by atoms with E-state index in [9.17, 15) is 9.90 Å². The van der Waals surface area contributed by atoms with Gasteiger partial charge >= 0.3 is 0 Å². The van der Waals surface area contributed by atoms with Gasteiger partial charge in [-0.25, -0.2) is 5.01 Å². The van der Waals surface area contributed by atoms with Gasteiger partial charge < -0.3 is 5.11 Å². The van der Waals surface area contributed by atoms with Crippen molar-refractivity contribution in [2.75, 3.05) is 5.01 Å². The van der Waals surface area contributed by atoms with Crippen molar-refractivity contribution in [2.24, 2.45) is 11.0 Å². The lowest BCUT2D eigenvalue weighted by atomic mass is 9.91. The first-order valence-corrected chi connectivity index (χ1v) is 8.29. The first kappa shape index (κ1) is 15.4. The van der Waals surface area contributed by atoms with E-state index in [-0.39, 0.29) is 17.6 Å². The predicted octanol–water partition coefficient (Wildman–Crippen LogP) is 4.13. The summed E-state index contributed by atoms with van der Waals surface area (Å²) < 4.78 is 0. The van der Waals surface area contributed by atoms with Crippen molar-refractivity contribution >= 4 is 28.1 Å². The molecule has 3 aromatic carbocycles. The Morgan fingerprint density at radius 2 is 1.72 bits per heavy atom. The molecule has 1 atom stereocenters. The minimum atomic E-state index is -0.364. The molecule has 4 nitrogen and oxygen atoms in total. The lowest BCUT2D eigenvalue weighted by Crippen LogP contribution is -2.28. The second kappa shape index (κ2) is 6.06. The second-order valence-electron chi connectivity index (χ2n) is 6.27. The Morgan fingerprint density at radius 3 is 2.52 bits per heavy atom. The standard InChI is InChI=1S/C21H18N2O2/c1-14-18(21(25)23(22-14)16-8-3-2-4-9-16)13-19-17-10-6-5-7-15(17)11-12-20(19)24/h2-12,18,24H,13H2,1H3. The monoisotopic (exact) mass is 330 g/mol. The van der Waals surface area contributed by atoms with Crippen molar-refractivity contribution in [3.63, 3.8) is 0 Å². The average Bonchev–Trinajstić information content (AvgIpc) is 2.93. The molecule has 0 fully saturated rings. The van der Waals surface area contributed by atoms with Crippen LogP contribution in [0.25, 0.3) is 10.8 Å². The highest BCUT2D eigenvalue weighted by atomic mass is 16.3. The number of amides is 1. The van der Waals surface area contributed by atoms with E-state index < -0.39 is 0 Å². The Balaban J connectivity index is 1.70. The molecular formula is C21H18N2O2. The highest BCUT2D eigenvalue weighted by Gasteiger charge is 2.35. The Morgan fingerprint density at radius 1 is 1.00 bits per heavy atom. The summed E-state index contributed by atoms with van der Waals surface area (Å²) in [5, 5.41) is 18.3. The highest BCUT2D eigenvalue weighted by molar-refractivity contribution is 6.15. The van der Waals surface area contributed by atoms with Crippen molar-refractivity contribution in [3.05, 3.63) is 72.3 Å². The zero-order valence-electron chi connectivity index (χ0n) is 13.9. The second-order valence-corrected chi connectivity index (χ2v) is 6.27. The number of rotatable bonds is 3. The molecule has 1 aliphatic heterocycles. The Labute approximate surface area is 146 Å². The summed E-state index contributed by atoms with van der Waals surface area (Å²) in [5.74, 6) is -0.203. The van der Waals surface area contributed by atoms with Gasteiger partial charge in [-0.2, -0.15) is 5.10 Å². The molecule has 0 radical (unpaired) electrons. The number of phenolic OH excluding ortho intramolecular Hbond substituents is 1. The van der Waals surface area contributed by atoms with Crippen molar-refractivity contribution in [3.8, 4) is 5.75 Å². The number of aromatic hydroxyl groups is 1. The van der Waals surface area contributed by atoms with Gasteiger partial charge in [-0.05, 0) is 42.3 Å². The van der Waals surface area contributed by atoms with E-state index in [4.69, 9.17) is 0 Å². The van der Waals surface area contributed by atoms with E-state index in [1.807, 2.05) is 67.6 Å². The molecular weight excluding hydrogens is 312 g/mol. The molecule has 0 aromatic heterocycles. The van der Waals surface area contributed by atoms with Crippen LogP contribution in [0.15, 0.2) is 71.8 Å². The van der Waals surface area contributed by atoms with Crippen LogP contribution in [0.1, 0.15) is 12.5 Å². The molecule has 4 rings (SSSR count). The van der Waals surface area contributed by atoms with Crippen LogP contribution in [0, 0.1) is 5.92 Å². The molecule has 1 unspecified atom stereocenters. The highest BCUT2D eigenvalue weighted by Crippen LogP contribution is 2.32. The lowest BCUT2D eigenvalue weighted by molar-refractivity contribution is -0.119. The van der Waals surface area contributed by atoms with Gasteiger partial charge in [0.15, 0.2) is 0 Å². The van der Waals surface area contributed by atoms with E-state index in [1.54, 1.807) is 6.07 Å². The van der Waals surface area contributed by atoms with E-state index in [1.165, 1.54) is 5.01 Å². The maximum atomic E-state index is 12.9. The summed E-state index contributed by atoms with van der Waals surface area (Å²) in [5.41, 5.74) is 2.32. The van der Waals surface area contributed by atoms with Crippen molar-refractivity contribution in [1.29, 1.82) is 0 Å². The summed E-state index contributed by atoms with van der Waals surface area (Å²) in [6.45, 7) is 1.87. The van der Waals surface area contributed by atoms with Gasteiger partial charge in [0, 0.05) is 11.3 Å². The molecule has 1 N–H and O–H groups in total. The normalized spacial score (nSPS) is 17.2. The maximum absolute atomic E-state index is 12.9. The number of hydrazone groups is 1. The van der Waals surface area contributed by atoms with E-state index in [0.717, 1.165) is 27.7 Å². The smallest absolute Gasteiger partial charge is 0.256 e. The number of para-hydroxylation sites is 1. The molecule has 0 bridgehead atoms.